The summed E-state index contributed by atoms with van der Waals surface area (Å²) >= 11 is 0. The van der Waals surface area contributed by atoms with Crippen LogP contribution in [-0.4, -0.2) is 43.7 Å². The van der Waals surface area contributed by atoms with Gasteiger partial charge < -0.3 is 15.0 Å². The monoisotopic (exact) mass is 281 g/mol. The molecule has 0 radical (unpaired) electrons. The van der Waals surface area contributed by atoms with Crippen LogP contribution >= 0.6 is 0 Å². The Hall–Kier alpha value is -1.13. The molecule has 0 atom stereocenters. The van der Waals surface area contributed by atoms with E-state index >= 15 is 0 Å². The fourth-order valence-electron chi connectivity index (χ4n) is 1.79. The van der Waals surface area contributed by atoms with Gasteiger partial charge in [0.15, 0.2) is 0 Å². The quantitative estimate of drug-likeness (QED) is 0.706. The minimum Gasteiger partial charge on any atom is -0.478 e. The highest BCUT2D eigenvalue weighted by atomic mass is 16.5. The van der Waals surface area contributed by atoms with Crippen molar-refractivity contribution in [3.63, 3.8) is 0 Å². The van der Waals surface area contributed by atoms with Crippen molar-refractivity contribution in [3.8, 4) is 5.88 Å². The number of nitrogens with one attached hydrogen (secondary N) is 1. The van der Waals surface area contributed by atoms with E-state index in [1.165, 1.54) is 12.0 Å². The Balaban J connectivity index is 0.00000172. The van der Waals surface area contributed by atoms with Gasteiger partial charge in [-0.2, -0.15) is 0 Å². The Kier molecular flexibility index (Phi) is 12.2. The van der Waals surface area contributed by atoms with Crippen molar-refractivity contribution < 1.29 is 4.74 Å². The van der Waals surface area contributed by atoms with Crippen molar-refractivity contribution in [3.05, 3.63) is 23.9 Å². The van der Waals surface area contributed by atoms with E-state index in [9.17, 15) is 0 Å². The average Bonchev–Trinajstić information content (AvgIpc) is 2.48. The van der Waals surface area contributed by atoms with Crippen molar-refractivity contribution in [2.24, 2.45) is 0 Å². The molecule has 0 aliphatic rings. The first-order chi connectivity index (χ1) is 9.76. The van der Waals surface area contributed by atoms with Crippen molar-refractivity contribution in [2.45, 2.75) is 40.2 Å². The zero-order chi connectivity index (χ0) is 15.2. The van der Waals surface area contributed by atoms with Gasteiger partial charge in [0.25, 0.3) is 0 Å². The molecule has 0 unspecified atom stereocenters. The molecule has 1 aromatic heterocycles. The number of pyridine rings is 1. The lowest BCUT2D eigenvalue weighted by Gasteiger charge is -2.15. The largest absolute Gasteiger partial charge is 0.478 e. The normalized spacial score (nSPS) is 10.1. The van der Waals surface area contributed by atoms with E-state index in [0.29, 0.717) is 12.5 Å². The van der Waals surface area contributed by atoms with E-state index in [2.05, 4.69) is 35.2 Å². The summed E-state index contributed by atoms with van der Waals surface area (Å²) in [5, 5.41) is 3.09. The maximum atomic E-state index is 5.55. The van der Waals surface area contributed by atoms with E-state index in [0.717, 1.165) is 26.1 Å². The molecule has 0 saturated heterocycles. The summed E-state index contributed by atoms with van der Waals surface area (Å²) in [6, 6.07) is 4.04. The van der Waals surface area contributed by atoms with Gasteiger partial charge in [-0.25, -0.2) is 4.98 Å². The second kappa shape index (κ2) is 12.9. The van der Waals surface area contributed by atoms with E-state index in [4.69, 9.17) is 4.74 Å². The van der Waals surface area contributed by atoms with E-state index in [1.54, 1.807) is 0 Å². The molecular weight excluding hydrogens is 250 g/mol. The lowest BCUT2D eigenvalue weighted by molar-refractivity contribution is 0.297. The summed E-state index contributed by atoms with van der Waals surface area (Å²) in [7, 11) is 4.07. The minimum absolute atomic E-state index is 0.711. The van der Waals surface area contributed by atoms with Gasteiger partial charge in [-0.3, -0.25) is 0 Å². The zero-order valence-corrected chi connectivity index (χ0v) is 13.8. The van der Waals surface area contributed by atoms with Crippen LogP contribution < -0.4 is 10.1 Å². The summed E-state index contributed by atoms with van der Waals surface area (Å²) in [5.41, 5.74) is 1.23. The zero-order valence-electron chi connectivity index (χ0n) is 13.8. The number of ether oxygens (including phenoxy) is 1. The SMILES string of the molecule is CC.CCCN(C)Cc1ccc(OCCCNC)nc1. The third kappa shape index (κ3) is 8.88. The van der Waals surface area contributed by atoms with Gasteiger partial charge in [-0.05, 0) is 45.6 Å². The fraction of sp³-hybridized carbons (Fsp3) is 0.688. The van der Waals surface area contributed by atoms with Crippen LogP contribution in [0.3, 0.4) is 0 Å². The molecule has 20 heavy (non-hydrogen) atoms. The van der Waals surface area contributed by atoms with Crippen LogP contribution in [0.1, 0.15) is 39.2 Å². The molecule has 4 heteroatoms. The standard InChI is InChI=1S/C14H25N3O.C2H6/c1-4-9-17(3)12-13-6-7-14(16-11-13)18-10-5-8-15-2;1-2/h6-7,11,15H,4-5,8-10,12H2,1-3H3;1-2H3. The van der Waals surface area contributed by atoms with Gasteiger partial charge in [0, 0.05) is 18.8 Å². The Morgan fingerprint density at radius 1 is 1.30 bits per heavy atom. The number of hydrogen-bond acceptors (Lipinski definition) is 4. The third-order valence-corrected chi connectivity index (χ3v) is 2.68. The second-order valence-corrected chi connectivity index (χ2v) is 4.55. The predicted octanol–water partition coefficient (Wildman–Crippen LogP) is 2.94. The van der Waals surface area contributed by atoms with Gasteiger partial charge in [-0.1, -0.05) is 26.8 Å². The molecule has 0 bridgehead atoms. The summed E-state index contributed by atoms with van der Waals surface area (Å²) in [5.74, 6) is 0.716. The maximum absolute atomic E-state index is 5.55. The molecular formula is C16H31N3O. The van der Waals surface area contributed by atoms with Crippen molar-refractivity contribution in [1.82, 2.24) is 15.2 Å². The number of hydrogen-bond donors (Lipinski definition) is 1. The van der Waals surface area contributed by atoms with E-state index < -0.39 is 0 Å². The first-order valence-corrected chi connectivity index (χ1v) is 7.67. The molecule has 0 aliphatic heterocycles. The van der Waals surface area contributed by atoms with Crippen LogP contribution in [0, 0.1) is 0 Å². The van der Waals surface area contributed by atoms with Crippen LogP contribution in [0.5, 0.6) is 5.88 Å². The van der Waals surface area contributed by atoms with E-state index in [-0.39, 0.29) is 0 Å². The van der Waals surface area contributed by atoms with Crippen LogP contribution in [0.2, 0.25) is 0 Å². The molecule has 0 amide bonds. The maximum Gasteiger partial charge on any atom is 0.213 e. The number of nitrogens with zero attached hydrogens (tertiary/aromatic N) is 2. The molecule has 1 rings (SSSR count). The summed E-state index contributed by atoms with van der Waals surface area (Å²) < 4.78 is 5.55. The van der Waals surface area contributed by atoms with Crippen molar-refractivity contribution in [2.75, 3.05) is 33.8 Å². The van der Waals surface area contributed by atoms with Gasteiger partial charge in [0.1, 0.15) is 0 Å². The molecule has 116 valence electrons. The lowest BCUT2D eigenvalue weighted by atomic mass is 10.2. The summed E-state index contributed by atoms with van der Waals surface area (Å²) in [6.45, 7) is 9.93. The van der Waals surface area contributed by atoms with Crippen molar-refractivity contribution in [1.29, 1.82) is 0 Å². The van der Waals surface area contributed by atoms with E-state index in [1.807, 2.05) is 33.2 Å². The van der Waals surface area contributed by atoms with Crippen LogP contribution in [0.25, 0.3) is 0 Å². The molecule has 4 nitrogen and oxygen atoms in total. The van der Waals surface area contributed by atoms with Crippen LogP contribution in [0.4, 0.5) is 0 Å². The topological polar surface area (TPSA) is 37.4 Å². The smallest absolute Gasteiger partial charge is 0.213 e. The highest BCUT2D eigenvalue weighted by molar-refractivity contribution is 5.17. The lowest BCUT2D eigenvalue weighted by Crippen LogP contribution is -2.18. The Morgan fingerprint density at radius 3 is 2.60 bits per heavy atom. The summed E-state index contributed by atoms with van der Waals surface area (Å²) in [4.78, 5) is 6.62. The highest BCUT2D eigenvalue weighted by Gasteiger charge is 2.00. The Bertz CT molecular complexity index is 314. The second-order valence-electron chi connectivity index (χ2n) is 4.55. The minimum atomic E-state index is 0.711. The first-order valence-electron chi connectivity index (χ1n) is 7.67. The molecule has 1 aromatic rings. The molecule has 1 N–H and O–H groups in total. The van der Waals surface area contributed by atoms with Crippen LogP contribution in [-0.2, 0) is 6.54 Å². The highest BCUT2D eigenvalue weighted by Crippen LogP contribution is 2.09. The predicted molar refractivity (Wildman–Crippen MR) is 86.2 cm³/mol. The van der Waals surface area contributed by atoms with Gasteiger partial charge in [0.05, 0.1) is 6.61 Å². The molecule has 0 saturated carbocycles. The first kappa shape index (κ1) is 18.9. The molecule has 0 spiro atoms. The molecule has 0 fully saturated rings. The number of aromatic nitrogens is 1. The number of rotatable bonds is 9. The average molecular weight is 281 g/mol. The Labute approximate surface area is 124 Å². The van der Waals surface area contributed by atoms with Gasteiger partial charge in [-0.15, -0.1) is 0 Å². The summed E-state index contributed by atoms with van der Waals surface area (Å²) in [6.07, 6.45) is 4.08. The van der Waals surface area contributed by atoms with Gasteiger partial charge in [0.2, 0.25) is 5.88 Å². The fourth-order valence-corrected chi connectivity index (χ4v) is 1.79. The van der Waals surface area contributed by atoms with Gasteiger partial charge >= 0.3 is 0 Å². The molecule has 0 aliphatic carbocycles. The Morgan fingerprint density at radius 2 is 2.05 bits per heavy atom. The van der Waals surface area contributed by atoms with Crippen LogP contribution in [0.15, 0.2) is 18.3 Å². The molecule has 0 aromatic carbocycles. The van der Waals surface area contributed by atoms with Crippen molar-refractivity contribution >= 4 is 0 Å². The third-order valence-electron chi connectivity index (χ3n) is 2.68. The molecule has 1 heterocycles.